The Hall–Kier alpha value is -2.12. The third-order valence-corrected chi connectivity index (χ3v) is 10.8. The molecule has 0 spiro atoms. The minimum absolute atomic E-state index is 0.0569. The summed E-state index contributed by atoms with van der Waals surface area (Å²) >= 11 is 0. The lowest BCUT2D eigenvalue weighted by Gasteiger charge is -2.18. The first-order valence-electron chi connectivity index (χ1n) is 25.6. The highest BCUT2D eigenvalue weighted by Crippen LogP contribution is 2.12. The minimum Gasteiger partial charge on any atom is -0.466 e. The van der Waals surface area contributed by atoms with Gasteiger partial charge in [-0.2, -0.15) is 0 Å². The Morgan fingerprint density at radius 2 is 0.746 bits per heavy atom. The van der Waals surface area contributed by atoms with Gasteiger partial charge < -0.3 is 42.6 Å². The Morgan fingerprint density at radius 1 is 0.381 bits per heavy atom. The van der Waals surface area contributed by atoms with Crippen molar-refractivity contribution in [3.05, 3.63) is 35.9 Å². The molecule has 0 radical (unpaired) electrons. The van der Waals surface area contributed by atoms with Crippen molar-refractivity contribution in [3.8, 4) is 0 Å². The number of ether oxygens (including phenoxy) is 9. The van der Waals surface area contributed by atoms with Gasteiger partial charge in [-0.15, -0.1) is 0 Å². The molecule has 1 aromatic rings. The molecule has 0 aliphatic carbocycles. The van der Waals surface area contributed by atoms with Gasteiger partial charge in [-0.25, -0.2) is 0 Å². The molecule has 11 heteroatoms. The van der Waals surface area contributed by atoms with Gasteiger partial charge in [0.1, 0.15) is 6.10 Å². The molecule has 11 nitrogen and oxygen atoms in total. The average Bonchev–Trinajstić information content (AvgIpc) is 3.29. The summed E-state index contributed by atoms with van der Waals surface area (Å²) < 4.78 is 51.5. The van der Waals surface area contributed by atoms with Crippen LogP contribution in [0.2, 0.25) is 0 Å². The maximum absolute atomic E-state index is 12.1. The van der Waals surface area contributed by atoms with Crippen LogP contribution in [-0.4, -0.2) is 111 Å². The lowest BCUT2D eigenvalue weighted by Crippen LogP contribution is -2.27. The molecule has 0 N–H and O–H groups in total. The van der Waals surface area contributed by atoms with Gasteiger partial charge >= 0.3 is 11.9 Å². The van der Waals surface area contributed by atoms with Gasteiger partial charge in [0.2, 0.25) is 0 Å². The van der Waals surface area contributed by atoms with E-state index in [1.165, 1.54) is 64.2 Å². The lowest BCUT2D eigenvalue weighted by molar-refractivity contribution is -0.144. The van der Waals surface area contributed by atoms with Crippen molar-refractivity contribution in [1.29, 1.82) is 0 Å². The van der Waals surface area contributed by atoms with Gasteiger partial charge in [0.15, 0.2) is 0 Å². The van der Waals surface area contributed by atoms with Crippen LogP contribution in [0.25, 0.3) is 0 Å². The van der Waals surface area contributed by atoms with Crippen LogP contribution in [0.4, 0.5) is 0 Å². The normalized spacial score (nSPS) is 11.9. The summed E-state index contributed by atoms with van der Waals surface area (Å²) in [4.78, 5) is 24.1. The van der Waals surface area contributed by atoms with Crippen LogP contribution in [-0.2, 0) is 58.8 Å². The third kappa shape index (κ3) is 44.8. The van der Waals surface area contributed by atoms with E-state index in [1.807, 2.05) is 30.3 Å². The fraction of sp³-hybridized carbons (Fsp3) is 0.846. The highest BCUT2D eigenvalue weighted by molar-refractivity contribution is 5.69. The second kappa shape index (κ2) is 49.3. The van der Waals surface area contributed by atoms with Crippen molar-refractivity contribution < 1.29 is 52.2 Å². The summed E-state index contributed by atoms with van der Waals surface area (Å²) in [5.41, 5.74) is 1.16. The van der Waals surface area contributed by atoms with Crippen LogP contribution >= 0.6 is 0 Å². The molecule has 0 amide bonds. The van der Waals surface area contributed by atoms with Crippen molar-refractivity contribution in [2.45, 2.75) is 193 Å². The zero-order valence-corrected chi connectivity index (χ0v) is 40.4. The molecule has 1 aromatic carbocycles. The third-order valence-electron chi connectivity index (χ3n) is 10.8. The summed E-state index contributed by atoms with van der Waals surface area (Å²) in [5, 5.41) is 0. The molecular weight excluding hydrogens is 801 g/mol. The minimum atomic E-state index is -0.143. The molecule has 0 saturated carbocycles. The second-order valence-corrected chi connectivity index (χ2v) is 16.7. The SMILES string of the molecule is CCCCCCCCCOC(=O)CCCCCCCOCC(COCCOCCOCCOCCOCc1ccccc1)OCCCCCCCC(=O)OCCCCCCCCC. The first-order chi connectivity index (χ1) is 31.2. The Morgan fingerprint density at radius 3 is 1.22 bits per heavy atom. The van der Waals surface area contributed by atoms with Crippen molar-refractivity contribution in [2.75, 3.05) is 92.5 Å². The van der Waals surface area contributed by atoms with Crippen molar-refractivity contribution in [2.24, 2.45) is 0 Å². The van der Waals surface area contributed by atoms with E-state index in [9.17, 15) is 9.59 Å². The van der Waals surface area contributed by atoms with Crippen molar-refractivity contribution in [3.63, 3.8) is 0 Å². The number of unbranched alkanes of at least 4 members (excludes halogenated alkanes) is 20. The summed E-state index contributed by atoms with van der Waals surface area (Å²) in [6.45, 7) is 12.5. The van der Waals surface area contributed by atoms with E-state index in [4.69, 9.17) is 42.6 Å². The maximum atomic E-state index is 12.1. The van der Waals surface area contributed by atoms with Gasteiger partial charge in [0.05, 0.1) is 85.9 Å². The second-order valence-electron chi connectivity index (χ2n) is 16.7. The monoisotopic (exact) mass is 895 g/mol. The van der Waals surface area contributed by atoms with E-state index in [-0.39, 0.29) is 18.0 Å². The van der Waals surface area contributed by atoms with Crippen LogP contribution in [0, 0.1) is 0 Å². The van der Waals surface area contributed by atoms with Gasteiger partial charge in [-0.1, -0.05) is 160 Å². The molecule has 0 fully saturated rings. The van der Waals surface area contributed by atoms with Crippen LogP contribution in [0.1, 0.15) is 186 Å². The Kier molecular flexibility index (Phi) is 46.1. The number of hydrogen-bond acceptors (Lipinski definition) is 11. The van der Waals surface area contributed by atoms with Gasteiger partial charge in [0, 0.05) is 26.1 Å². The zero-order valence-electron chi connectivity index (χ0n) is 40.4. The first kappa shape index (κ1) is 58.9. The average molecular weight is 895 g/mol. The fourth-order valence-corrected chi connectivity index (χ4v) is 6.91. The first-order valence-corrected chi connectivity index (χ1v) is 25.6. The molecule has 0 aromatic heterocycles. The fourth-order valence-electron chi connectivity index (χ4n) is 6.91. The van der Waals surface area contributed by atoms with Gasteiger partial charge in [-0.05, 0) is 44.1 Å². The summed E-state index contributed by atoms with van der Waals surface area (Å²) in [6.07, 6.45) is 28.0. The van der Waals surface area contributed by atoms with Gasteiger partial charge in [0.25, 0.3) is 0 Å². The molecule has 368 valence electrons. The number of carbonyl (C=O) groups is 2. The van der Waals surface area contributed by atoms with Crippen LogP contribution in [0.3, 0.4) is 0 Å². The van der Waals surface area contributed by atoms with E-state index >= 15 is 0 Å². The van der Waals surface area contributed by atoms with Crippen LogP contribution in [0.5, 0.6) is 0 Å². The summed E-state index contributed by atoms with van der Waals surface area (Å²) in [5.74, 6) is -0.117. The quantitative estimate of drug-likeness (QED) is 0.0459. The number of rotatable bonds is 51. The predicted octanol–water partition coefficient (Wildman–Crippen LogP) is 11.9. The topological polar surface area (TPSA) is 117 Å². The molecule has 1 unspecified atom stereocenters. The van der Waals surface area contributed by atoms with E-state index in [0.717, 1.165) is 95.5 Å². The van der Waals surface area contributed by atoms with Crippen LogP contribution in [0.15, 0.2) is 30.3 Å². The van der Waals surface area contributed by atoms with Gasteiger partial charge in [-0.3, -0.25) is 9.59 Å². The number of hydrogen-bond donors (Lipinski definition) is 0. The molecule has 0 aliphatic rings. The Labute approximate surface area is 385 Å². The van der Waals surface area contributed by atoms with E-state index in [1.54, 1.807) is 0 Å². The van der Waals surface area contributed by atoms with E-state index < -0.39 is 0 Å². The number of esters is 2. The highest BCUT2D eigenvalue weighted by Gasteiger charge is 2.11. The Bertz CT molecular complexity index is 1080. The summed E-state index contributed by atoms with van der Waals surface area (Å²) in [6, 6.07) is 10.1. The molecule has 0 heterocycles. The van der Waals surface area contributed by atoms with Crippen LogP contribution < -0.4 is 0 Å². The van der Waals surface area contributed by atoms with E-state index in [0.29, 0.717) is 112 Å². The highest BCUT2D eigenvalue weighted by atomic mass is 16.6. The van der Waals surface area contributed by atoms with Crippen molar-refractivity contribution in [1.82, 2.24) is 0 Å². The standard InChI is InChI=1S/C52H94O11/c1-3-5-7-9-11-18-28-36-62-51(53)32-24-15-13-17-26-34-58-47-50(61-35-27-20-14-16-25-33-52(54)63-37-29-19-12-10-8-6-4-2)48-60-45-43-57-41-39-55-38-40-56-42-44-59-46-49-30-22-21-23-31-49/h21-23,30-31,50H,3-20,24-29,32-48H2,1-2H3. The zero-order chi connectivity index (χ0) is 45.2. The number of carbonyl (C=O) groups excluding carboxylic acids is 2. The predicted molar refractivity (Wildman–Crippen MR) is 253 cm³/mol. The van der Waals surface area contributed by atoms with E-state index in [2.05, 4.69) is 13.8 Å². The molecule has 0 bridgehead atoms. The molecule has 0 aliphatic heterocycles. The lowest BCUT2D eigenvalue weighted by atomic mass is 10.1. The largest absolute Gasteiger partial charge is 0.466 e. The molecular formula is C52H94O11. The number of benzene rings is 1. The Balaban J connectivity index is 2.13. The molecule has 0 saturated heterocycles. The molecule has 63 heavy (non-hydrogen) atoms. The molecule has 1 rings (SSSR count). The summed E-state index contributed by atoms with van der Waals surface area (Å²) in [7, 11) is 0. The van der Waals surface area contributed by atoms with Crippen molar-refractivity contribution >= 4 is 11.9 Å². The molecule has 1 atom stereocenters. The smallest absolute Gasteiger partial charge is 0.305 e. The maximum Gasteiger partial charge on any atom is 0.305 e.